The summed E-state index contributed by atoms with van der Waals surface area (Å²) in [7, 11) is 0. The molecule has 2 aliphatic rings. The lowest BCUT2D eigenvalue weighted by Gasteiger charge is -2.53. The van der Waals surface area contributed by atoms with Crippen molar-refractivity contribution in [1.82, 2.24) is 4.98 Å². The maximum absolute atomic E-state index is 11.5. The molecule has 2 aromatic carbocycles. The molecule has 0 radical (unpaired) electrons. The molecule has 3 aromatic rings. The van der Waals surface area contributed by atoms with Gasteiger partial charge in [0, 0.05) is 29.1 Å². The Labute approximate surface area is 219 Å². The van der Waals surface area contributed by atoms with Crippen molar-refractivity contribution in [2.75, 3.05) is 25.2 Å². The van der Waals surface area contributed by atoms with Crippen LogP contribution in [0.25, 0.3) is 0 Å². The first-order chi connectivity index (χ1) is 17.6. The molecule has 1 saturated carbocycles. The molecule has 1 heterocycles. The van der Waals surface area contributed by atoms with Gasteiger partial charge in [-0.25, -0.2) is 0 Å². The smallest absolute Gasteiger partial charge is 0.120 e. The normalized spacial score (nSPS) is 25.1. The minimum atomic E-state index is -0.729. The molecular formula is C31H37NO3S. The molecule has 5 rings (SSSR count). The Kier molecular flexibility index (Phi) is 8.00. The second-order valence-corrected chi connectivity index (χ2v) is 11.5. The van der Waals surface area contributed by atoms with Gasteiger partial charge in [-0.2, -0.15) is 11.8 Å². The van der Waals surface area contributed by atoms with Gasteiger partial charge in [0.15, 0.2) is 0 Å². The number of pyridine rings is 1. The van der Waals surface area contributed by atoms with Crippen molar-refractivity contribution in [2.24, 2.45) is 5.92 Å². The van der Waals surface area contributed by atoms with Gasteiger partial charge in [0.1, 0.15) is 12.4 Å². The Bertz CT molecular complexity index is 1130. The van der Waals surface area contributed by atoms with E-state index in [1.165, 1.54) is 16.7 Å². The topological polar surface area (TPSA) is 51.6 Å². The zero-order chi connectivity index (χ0) is 24.8. The molecule has 2 aliphatic carbocycles. The van der Waals surface area contributed by atoms with E-state index in [1.807, 2.05) is 18.3 Å². The number of thioether (sulfide) groups is 1. The Morgan fingerprint density at radius 1 is 1.06 bits per heavy atom. The number of aliphatic hydroxyl groups is 1. The highest BCUT2D eigenvalue weighted by Crippen LogP contribution is 2.54. The average molecular weight is 504 g/mol. The predicted molar refractivity (Wildman–Crippen MR) is 147 cm³/mol. The second-order valence-electron chi connectivity index (χ2n) is 10.5. The third kappa shape index (κ3) is 5.64. The molecule has 5 heteroatoms. The maximum atomic E-state index is 11.5. The average Bonchev–Trinajstić information content (AvgIpc) is 2.91. The van der Waals surface area contributed by atoms with Crippen LogP contribution in [0, 0.1) is 5.92 Å². The van der Waals surface area contributed by atoms with Crippen LogP contribution in [0.4, 0.5) is 0 Å². The van der Waals surface area contributed by atoms with Crippen molar-refractivity contribution in [3.8, 4) is 5.75 Å². The van der Waals surface area contributed by atoms with Crippen LogP contribution >= 0.6 is 11.8 Å². The SMILES string of the molecule is CSCCOC[C@@]1(O)CC[C@@]2(Cc3ccccc3)c3ccc(OCc4cccnc4)cc3CC[C@@H]2C1. The number of hydrogen-bond donors (Lipinski definition) is 1. The van der Waals surface area contributed by atoms with Crippen LogP contribution in [0.2, 0.25) is 0 Å². The first kappa shape index (κ1) is 25.3. The third-order valence-electron chi connectivity index (χ3n) is 8.11. The van der Waals surface area contributed by atoms with Crippen LogP contribution in [0.15, 0.2) is 73.1 Å². The fourth-order valence-electron chi connectivity index (χ4n) is 6.30. The number of aryl methyl sites for hydroxylation is 1. The number of aromatic nitrogens is 1. The Morgan fingerprint density at radius 3 is 2.72 bits per heavy atom. The van der Waals surface area contributed by atoms with E-state index in [0.29, 0.717) is 25.7 Å². The Hall–Kier alpha value is -2.34. The lowest BCUT2D eigenvalue weighted by Crippen LogP contribution is -2.52. The van der Waals surface area contributed by atoms with Crippen LogP contribution in [0.3, 0.4) is 0 Å². The summed E-state index contributed by atoms with van der Waals surface area (Å²) < 4.78 is 12.0. The molecule has 0 aliphatic heterocycles. The van der Waals surface area contributed by atoms with E-state index in [9.17, 15) is 5.11 Å². The van der Waals surface area contributed by atoms with Gasteiger partial charge < -0.3 is 14.6 Å². The highest BCUT2D eigenvalue weighted by atomic mass is 32.2. The summed E-state index contributed by atoms with van der Waals surface area (Å²) in [5.74, 6) is 2.31. The maximum Gasteiger partial charge on any atom is 0.120 e. The molecule has 1 N–H and O–H groups in total. The first-order valence-electron chi connectivity index (χ1n) is 13.1. The third-order valence-corrected chi connectivity index (χ3v) is 8.69. The van der Waals surface area contributed by atoms with E-state index in [4.69, 9.17) is 9.47 Å². The van der Waals surface area contributed by atoms with Crippen LogP contribution in [0.1, 0.15) is 47.9 Å². The molecule has 0 amide bonds. The zero-order valence-corrected chi connectivity index (χ0v) is 22.0. The Balaban J connectivity index is 1.39. The molecule has 0 spiro atoms. The summed E-state index contributed by atoms with van der Waals surface area (Å²) in [6.45, 7) is 1.67. The fourth-order valence-corrected chi connectivity index (χ4v) is 6.59. The monoisotopic (exact) mass is 503 g/mol. The molecular weight excluding hydrogens is 466 g/mol. The van der Waals surface area contributed by atoms with E-state index in [2.05, 4.69) is 59.8 Å². The first-order valence-corrected chi connectivity index (χ1v) is 14.5. The summed E-state index contributed by atoms with van der Waals surface area (Å²) in [5, 5.41) is 11.5. The summed E-state index contributed by atoms with van der Waals surface area (Å²) in [5.41, 5.74) is 4.58. The van der Waals surface area contributed by atoms with E-state index in [0.717, 1.165) is 55.6 Å². The molecule has 4 nitrogen and oxygen atoms in total. The van der Waals surface area contributed by atoms with Crippen molar-refractivity contribution in [3.05, 3.63) is 95.3 Å². The molecule has 190 valence electrons. The highest BCUT2D eigenvalue weighted by Gasteiger charge is 2.51. The van der Waals surface area contributed by atoms with Gasteiger partial charge in [-0.05, 0) is 85.6 Å². The van der Waals surface area contributed by atoms with Crippen LogP contribution in [-0.4, -0.2) is 40.9 Å². The highest BCUT2D eigenvalue weighted by molar-refractivity contribution is 7.98. The predicted octanol–water partition coefficient (Wildman–Crippen LogP) is 6.00. The van der Waals surface area contributed by atoms with Gasteiger partial charge in [-0.3, -0.25) is 4.98 Å². The van der Waals surface area contributed by atoms with Gasteiger partial charge in [0.25, 0.3) is 0 Å². The second kappa shape index (κ2) is 11.4. The number of rotatable bonds is 10. The lowest BCUT2D eigenvalue weighted by molar-refractivity contribution is -0.0986. The molecule has 1 fully saturated rings. The van der Waals surface area contributed by atoms with Crippen LogP contribution in [0.5, 0.6) is 5.75 Å². The number of hydrogen-bond acceptors (Lipinski definition) is 5. The number of fused-ring (bicyclic) bond motifs is 3. The summed E-state index contributed by atoms with van der Waals surface area (Å²) >= 11 is 1.78. The molecule has 0 bridgehead atoms. The van der Waals surface area contributed by atoms with Crippen molar-refractivity contribution < 1.29 is 14.6 Å². The van der Waals surface area contributed by atoms with Crippen molar-refractivity contribution in [2.45, 2.75) is 56.1 Å². The minimum absolute atomic E-state index is 0.0301. The molecule has 3 atom stereocenters. The van der Waals surface area contributed by atoms with Gasteiger partial charge >= 0.3 is 0 Å². The quantitative estimate of drug-likeness (QED) is 0.344. The van der Waals surface area contributed by atoms with E-state index in [1.54, 1.807) is 18.0 Å². The van der Waals surface area contributed by atoms with Crippen molar-refractivity contribution in [1.29, 1.82) is 0 Å². The fraction of sp³-hybridized carbons (Fsp3) is 0.452. The summed E-state index contributed by atoms with van der Waals surface area (Å²) in [6, 6.07) is 21.5. The Morgan fingerprint density at radius 2 is 1.92 bits per heavy atom. The van der Waals surface area contributed by atoms with Gasteiger partial charge in [-0.1, -0.05) is 42.5 Å². The van der Waals surface area contributed by atoms with Gasteiger partial charge in [0.2, 0.25) is 0 Å². The largest absolute Gasteiger partial charge is 0.489 e. The number of nitrogens with zero attached hydrogens (tertiary/aromatic N) is 1. The molecule has 0 unspecified atom stereocenters. The summed E-state index contributed by atoms with van der Waals surface area (Å²) in [6.07, 6.45) is 11.4. The van der Waals surface area contributed by atoms with E-state index >= 15 is 0 Å². The summed E-state index contributed by atoms with van der Waals surface area (Å²) in [4.78, 5) is 4.19. The van der Waals surface area contributed by atoms with Gasteiger partial charge in [0.05, 0.1) is 18.8 Å². The molecule has 36 heavy (non-hydrogen) atoms. The van der Waals surface area contributed by atoms with Crippen LogP contribution in [-0.2, 0) is 29.6 Å². The number of benzene rings is 2. The molecule has 1 aromatic heterocycles. The van der Waals surface area contributed by atoms with E-state index in [-0.39, 0.29) is 5.41 Å². The van der Waals surface area contributed by atoms with Crippen LogP contribution < -0.4 is 4.74 Å². The minimum Gasteiger partial charge on any atom is -0.489 e. The lowest BCUT2D eigenvalue weighted by atomic mass is 9.52. The standard InChI is InChI=1S/C31H37NO3S/c1-36-17-16-34-23-30(33)13-14-31(19-24-6-3-2-4-7-24)27(20-30)10-9-26-18-28(11-12-29(26)31)35-22-25-8-5-15-32-21-25/h2-8,11-12,15,18,21,27,33H,9-10,13-14,16-17,19-20,22-23H2,1H3/t27-,30-,31+/m1/s1. The van der Waals surface area contributed by atoms with E-state index < -0.39 is 5.60 Å². The number of ether oxygens (including phenoxy) is 2. The van der Waals surface area contributed by atoms with Crippen molar-refractivity contribution >= 4 is 11.8 Å². The van der Waals surface area contributed by atoms with Gasteiger partial charge in [-0.15, -0.1) is 0 Å². The zero-order valence-electron chi connectivity index (χ0n) is 21.2. The molecule has 0 saturated heterocycles. The van der Waals surface area contributed by atoms with Crippen molar-refractivity contribution in [3.63, 3.8) is 0 Å².